The summed E-state index contributed by atoms with van der Waals surface area (Å²) < 4.78 is 0. The van der Waals surface area contributed by atoms with Crippen LogP contribution < -0.4 is 10.2 Å². The van der Waals surface area contributed by atoms with Gasteiger partial charge in [0.15, 0.2) is 0 Å². The molecule has 0 aromatic carbocycles. The van der Waals surface area contributed by atoms with Crippen LogP contribution >= 0.6 is 0 Å². The fraction of sp³-hybridized carbons (Fsp3) is 0.667. The van der Waals surface area contributed by atoms with E-state index < -0.39 is 0 Å². The van der Waals surface area contributed by atoms with E-state index in [4.69, 9.17) is 0 Å². The first-order chi connectivity index (χ1) is 10.0. The number of nitrogens with one attached hydrogen (secondary N) is 1. The maximum Gasteiger partial charge on any atom is 0.242 e. The first-order valence-electron chi connectivity index (χ1n) is 7.60. The zero-order chi connectivity index (χ0) is 15.8. The predicted octanol–water partition coefficient (Wildman–Crippen LogP) is 1.91. The van der Waals surface area contributed by atoms with Crippen molar-refractivity contribution in [1.82, 2.24) is 14.9 Å². The highest BCUT2D eigenvalue weighted by Crippen LogP contribution is 2.14. The van der Waals surface area contributed by atoms with Crippen LogP contribution in [0, 0.1) is 6.92 Å². The van der Waals surface area contributed by atoms with Crippen molar-refractivity contribution >= 4 is 17.5 Å². The number of rotatable bonds is 8. The van der Waals surface area contributed by atoms with Crippen LogP contribution in [0.1, 0.15) is 33.0 Å². The molecule has 0 aliphatic rings. The molecule has 118 valence electrons. The standard InChI is InChI=1S/C15H27N5O/c1-6-9-16-13-10-14(18-12(4)17-13)19(5)11-15(21)20(7-2)8-3/h10H,6-9,11H2,1-5H3,(H,16,17,18). The minimum Gasteiger partial charge on any atom is -0.370 e. The lowest BCUT2D eigenvalue weighted by Gasteiger charge is -2.24. The summed E-state index contributed by atoms with van der Waals surface area (Å²) in [6.07, 6.45) is 1.04. The number of carbonyl (C=O) groups excluding carboxylic acids is 1. The van der Waals surface area contributed by atoms with E-state index in [0.29, 0.717) is 12.4 Å². The molecule has 0 aliphatic carbocycles. The number of aryl methyl sites for hydroxylation is 1. The van der Waals surface area contributed by atoms with Crippen LogP contribution in [-0.4, -0.2) is 54.0 Å². The minimum atomic E-state index is 0.113. The van der Waals surface area contributed by atoms with Crippen LogP contribution in [0.4, 0.5) is 11.6 Å². The molecule has 0 saturated carbocycles. The van der Waals surface area contributed by atoms with Gasteiger partial charge < -0.3 is 15.1 Å². The Morgan fingerprint density at radius 2 is 1.90 bits per heavy atom. The number of amides is 1. The highest BCUT2D eigenvalue weighted by Gasteiger charge is 2.14. The van der Waals surface area contributed by atoms with Gasteiger partial charge in [-0.3, -0.25) is 4.79 Å². The predicted molar refractivity (Wildman–Crippen MR) is 86.7 cm³/mol. The zero-order valence-electron chi connectivity index (χ0n) is 13.8. The third kappa shape index (κ3) is 5.21. The van der Waals surface area contributed by atoms with Crippen molar-refractivity contribution in [3.8, 4) is 0 Å². The fourth-order valence-corrected chi connectivity index (χ4v) is 2.05. The molecule has 1 aromatic rings. The normalized spacial score (nSPS) is 10.3. The van der Waals surface area contributed by atoms with Crippen LogP contribution in [0.3, 0.4) is 0 Å². The van der Waals surface area contributed by atoms with Gasteiger partial charge in [0.25, 0.3) is 0 Å². The number of aromatic nitrogens is 2. The second-order valence-corrected chi connectivity index (χ2v) is 5.01. The van der Waals surface area contributed by atoms with Crippen LogP contribution in [0.15, 0.2) is 6.07 Å². The molecule has 21 heavy (non-hydrogen) atoms. The highest BCUT2D eigenvalue weighted by atomic mass is 16.2. The summed E-state index contributed by atoms with van der Waals surface area (Å²) in [6, 6.07) is 1.89. The molecule has 1 aromatic heterocycles. The molecule has 0 atom stereocenters. The molecule has 1 rings (SSSR count). The maximum absolute atomic E-state index is 12.2. The van der Waals surface area contributed by atoms with E-state index in [1.165, 1.54) is 0 Å². The van der Waals surface area contributed by atoms with Crippen molar-refractivity contribution in [3.05, 3.63) is 11.9 Å². The molecule has 1 heterocycles. The Hall–Kier alpha value is -1.85. The van der Waals surface area contributed by atoms with Crippen molar-refractivity contribution in [2.45, 2.75) is 34.1 Å². The summed E-state index contributed by atoms with van der Waals surface area (Å²) in [5.74, 6) is 2.39. The van der Waals surface area contributed by atoms with Crippen LogP contribution in [0.5, 0.6) is 0 Å². The summed E-state index contributed by atoms with van der Waals surface area (Å²) in [6.45, 7) is 10.6. The van der Waals surface area contributed by atoms with Gasteiger partial charge in [-0.05, 0) is 27.2 Å². The molecule has 0 saturated heterocycles. The third-order valence-corrected chi connectivity index (χ3v) is 3.26. The lowest BCUT2D eigenvalue weighted by atomic mass is 10.4. The fourth-order valence-electron chi connectivity index (χ4n) is 2.05. The molecule has 6 heteroatoms. The van der Waals surface area contributed by atoms with Gasteiger partial charge in [0, 0.05) is 32.7 Å². The van der Waals surface area contributed by atoms with Gasteiger partial charge in [0.2, 0.25) is 5.91 Å². The van der Waals surface area contributed by atoms with E-state index in [0.717, 1.165) is 37.7 Å². The highest BCUT2D eigenvalue weighted by molar-refractivity contribution is 5.81. The van der Waals surface area contributed by atoms with Gasteiger partial charge in [-0.15, -0.1) is 0 Å². The van der Waals surface area contributed by atoms with Gasteiger partial charge in [0.1, 0.15) is 17.5 Å². The second kappa shape index (κ2) is 8.44. The molecule has 6 nitrogen and oxygen atoms in total. The third-order valence-electron chi connectivity index (χ3n) is 3.26. The van der Waals surface area contributed by atoms with Gasteiger partial charge in [-0.2, -0.15) is 0 Å². The summed E-state index contributed by atoms with van der Waals surface area (Å²) in [5, 5.41) is 3.26. The lowest BCUT2D eigenvalue weighted by molar-refractivity contribution is -0.129. The molecular formula is C15H27N5O. The van der Waals surface area contributed by atoms with Crippen molar-refractivity contribution < 1.29 is 4.79 Å². The average Bonchev–Trinajstić information content (AvgIpc) is 2.45. The Labute approximate surface area is 127 Å². The van der Waals surface area contributed by atoms with E-state index in [9.17, 15) is 4.79 Å². The molecule has 0 fully saturated rings. The van der Waals surface area contributed by atoms with Crippen molar-refractivity contribution in [1.29, 1.82) is 0 Å². The Morgan fingerprint density at radius 3 is 2.48 bits per heavy atom. The minimum absolute atomic E-state index is 0.113. The number of hydrogen-bond acceptors (Lipinski definition) is 5. The summed E-state index contributed by atoms with van der Waals surface area (Å²) in [4.78, 5) is 24.6. The number of likely N-dealkylation sites (N-methyl/N-ethyl adjacent to an activating group) is 2. The smallest absolute Gasteiger partial charge is 0.242 e. The van der Waals surface area contributed by atoms with Crippen LogP contribution in [0.25, 0.3) is 0 Å². The Kier molecular flexibility index (Phi) is 6.91. The number of carbonyl (C=O) groups is 1. The summed E-state index contributed by atoms with van der Waals surface area (Å²) in [7, 11) is 1.88. The topological polar surface area (TPSA) is 61.4 Å². The second-order valence-electron chi connectivity index (χ2n) is 5.01. The summed E-state index contributed by atoms with van der Waals surface area (Å²) >= 11 is 0. The average molecular weight is 293 g/mol. The summed E-state index contributed by atoms with van der Waals surface area (Å²) in [5.41, 5.74) is 0. The molecule has 0 aliphatic heterocycles. The van der Waals surface area contributed by atoms with Crippen molar-refractivity contribution in [2.24, 2.45) is 0 Å². The molecule has 0 bridgehead atoms. The molecule has 0 spiro atoms. The lowest BCUT2D eigenvalue weighted by Crippen LogP contribution is -2.39. The van der Waals surface area contributed by atoms with E-state index in [2.05, 4.69) is 22.2 Å². The Balaban J connectivity index is 2.79. The largest absolute Gasteiger partial charge is 0.370 e. The van der Waals surface area contributed by atoms with Gasteiger partial charge >= 0.3 is 0 Å². The monoisotopic (exact) mass is 293 g/mol. The first kappa shape index (κ1) is 17.2. The number of nitrogens with zero attached hydrogens (tertiary/aromatic N) is 4. The Morgan fingerprint density at radius 1 is 1.24 bits per heavy atom. The van der Waals surface area contributed by atoms with Gasteiger partial charge in [-0.25, -0.2) is 9.97 Å². The number of hydrogen-bond donors (Lipinski definition) is 1. The van der Waals surface area contributed by atoms with Crippen molar-refractivity contribution in [3.63, 3.8) is 0 Å². The number of anilines is 2. The molecule has 1 amide bonds. The van der Waals surface area contributed by atoms with Crippen molar-refractivity contribution in [2.75, 3.05) is 43.4 Å². The molecule has 0 radical (unpaired) electrons. The van der Waals surface area contributed by atoms with E-state index in [1.807, 2.05) is 43.7 Å². The first-order valence-corrected chi connectivity index (χ1v) is 7.60. The zero-order valence-corrected chi connectivity index (χ0v) is 13.8. The van der Waals surface area contributed by atoms with Crippen LogP contribution in [0.2, 0.25) is 0 Å². The van der Waals surface area contributed by atoms with Crippen LogP contribution in [-0.2, 0) is 4.79 Å². The van der Waals surface area contributed by atoms with E-state index >= 15 is 0 Å². The maximum atomic E-state index is 12.2. The molecule has 0 unspecified atom stereocenters. The SMILES string of the molecule is CCCNc1cc(N(C)CC(=O)N(CC)CC)nc(C)n1. The van der Waals surface area contributed by atoms with Gasteiger partial charge in [0.05, 0.1) is 6.54 Å². The quantitative estimate of drug-likeness (QED) is 0.793. The Bertz CT molecular complexity index is 459. The van der Waals surface area contributed by atoms with E-state index in [1.54, 1.807) is 0 Å². The van der Waals surface area contributed by atoms with E-state index in [-0.39, 0.29) is 5.91 Å². The molecular weight excluding hydrogens is 266 g/mol. The van der Waals surface area contributed by atoms with Gasteiger partial charge in [-0.1, -0.05) is 6.92 Å². The molecule has 1 N–H and O–H groups in total.